The van der Waals surface area contributed by atoms with Crippen LogP contribution in [0.1, 0.15) is 116 Å². The van der Waals surface area contributed by atoms with Crippen molar-refractivity contribution in [2.45, 2.75) is 116 Å². The Labute approximate surface area is 182 Å². The fourth-order valence-electron chi connectivity index (χ4n) is 3.06. The Balaban J connectivity index is -0.000000665. The average molecular weight is 423 g/mol. The number of carboxylic acid groups (broad SMARTS) is 1. The van der Waals surface area contributed by atoms with Crippen molar-refractivity contribution in [1.29, 1.82) is 0 Å². The van der Waals surface area contributed by atoms with Gasteiger partial charge in [-0.3, -0.25) is 4.79 Å². The first-order valence-electron chi connectivity index (χ1n) is 11.6. The van der Waals surface area contributed by atoms with E-state index in [4.69, 9.17) is 10.8 Å². The van der Waals surface area contributed by atoms with Crippen LogP contribution in [0.4, 0.5) is 0 Å². The van der Waals surface area contributed by atoms with Crippen molar-refractivity contribution in [3.05, 3.63) is 0 Å². The fourth-order valence-corrected chi connectivity index (χ4v) is 3.06. The number of hydrogen-bond donors (Lipinski definition) is 2. The minimum Gasteiger partial charge on any atom is -0.481 e. The molecule has 3 N–H and O–H groups in total. The van der Waals surface area contributed by atoms with Crippen molar-refractivity contribution < 1.29 is 9.90 Å². The quantitative estimate of drug-likeness (QED) is 0.228. The van der Waals surface area contributed by atoms with Crippen LogP contribution in [0.2, 0.25) is 0 Å². The van der Waals surface area contributed by atoms with Crippen molar-refractivity contribution >= 4 is 18.4 Å². The molecule has 0 amide bonds. The summed E-state index contributed by atoms with van der Waals surface area (Å²) in [5.41, 5.74) is 5.25. The highest BCUT2D eigenvalue weighted by Gasteiger charge is 1.97. The van der Waals surface area contributed by atoms with Gasteiger partial charge in [-0.05, 0) is 40.0 Å². The molecule has 0 aromatic rings. The molecule has 0 aliphatic heterocycles. The maximum Gasteiger partial charge on any atom is 0.303 e. The van der Waals surface area contributed by atoms with Crippen LogP contribution in [-0.2, 0) is 4.79 Å². The number of carbonyl (C=O) groups is 1. The molecule has 0 rings (SSSR count). The van der Waals surface area contributed by atoms with E-state index >= 15 is 0 Å². The molecule has 172 valence electrons. The summed E-state index contributed by atoms with van der Waals surface area (Å²) in [6, 6.07) is 0. The predicted octanol–water partition coefficient (Wildman–Crippen LogP) is 6.65. The molecular formula is C23H51ClN2O2. The normalized spacial score (nSPS) is 10.3. The molecule has 28 heavy (non-hydrogen) atoms. The SMILES string of the molecule is CCCCCCCCCCCCCCCCCC(=O)O.CN(C)CCCN.Cl. The van der Waals surface area contributed by atoms with Crippen molar-refractivity contribution in [3.8, 4) is 0 Å². The summed E-state index contributed by atoms with van der Waals surface area (Å²) in [7, 11) is 4.10. The largest absolute Gasteiger partial charge is 0.481 e. The molecular weight excluding hydrogens is 372 g/mol. The summed E-state index contributed by atoms with van der Waals surface area (Å²) in [4.78, 5) is 12.5. The minimum atomic E-state index is -0.653. The van der Waals surface area contributed by atoms with Crippen molar-refractivity contribution in [1.82, 2.24) is 4.90 Å². The molecule has 0 aliphatic carbocycles. The topological polar surface area (TPSA) is 66.6 Å². The average Bonchev–Trinajstić information content (AvgIpc) is 2.63. The van der Waals surface area contributed by atoms with Gasteiger partial charge in [0, 0.05) is 6.42 Å². The Morgan fingerprint density at radius 3 is 1.32 bits per heavy atom. The Bertz CT molecular complexity index is 290. The maximum absolute atomic E-state index is 10.3. The van der Waals surface area contributed by atoms with Crippen molar-refractivity contribution in [3.63, 3.8) is 0 Å². The summed E-state index contributed by atoms with van der Waals surface area (Å²) < 4.78 is 0. The molecule has 0 saturated carbocycles. The standard InChI is InChI=1S/C18H36O2.C5H14N2.ClH/c1-2-3-4-5-6-7-8-9-10-11-12-13-14-15-16-17-18(19)20;1-7(2)5-3-4-6;/h2-17H2,1H3,(H,19,20);3-6H2,1-2H3;1H. The molecule has 0 saturated heterocycles. The Morgan fingerprint density at radius 1 is 0.714 bits per heavy atom. The molecule has 4 nitrogen and oxygen atoms in total. The second-order valence-electron chi connectivity index (χ2n) is 8.04. The fraction of sp³-hybridized carbons (Fsp3) is 0.957. The van der Waals surface area contributed by atoms with Crippen LogP contribution in [0, 0.1) is 0 Å². The predicted molar refractivity (Wildman–Crippen MR) is 127 cm³/mol. The van der Waals surface area contributed by atoms with Gasteiger partial charge >= 0.3 is 5.97 Å². The third-order valence-electron chi connectivity index (χ3n) is 4.80. The van der Waals surface area contributed by atoms with Crippen molar-refractivity contribution in [2.24, 2.45) is 5.73 Å². The number of unbranched alkanes of at least 4 members (excludes halogenated alkanes) is 14. The minimum absolute atomic E-state index is 0. The Hall–Kier alpha value is -0.320. The number of halogens is 1. The first-order valence-corrected chi connectivity index (χ1v) is 11.6. The lowest BCUT2D eigenvalue weighted by atomic mass is 10.0. The van der Waals surface area contributed by atoms with Gasteiger partial charge in [-0.2, -0.15) is 0 Å². The van der Waals surface area contributed by atoms with Gasteiger partial charge < -0.3 is 15.7 Å². The molecule has 0 aliphatic rings. The number of nitrogens with zero attached hydrogens (tertiary/aromatic N) is 1. The van der Waals surface area contributed by atoms with E-state index in [1.807, 2.05) is 0 Å². The zero-order chi connectivity index (χ0) is 20.6. The van der Waals surface area contributed by atoms with E-state index in [1.165, 1.54) is 83.5 Å². The van der Waals surface area contributed by atoms with E-state index < -0.39 is 5.97 Å². The summed E-state index contributed by atoms with van der Waals surface area (Å²) in [6.07, 6.45) is 21.3. The highest BCUT2D eigenvalue weighted by atomic mass is 35.5. The first-order chi connectivity index (χ1) is 13.0. The van der Waals surface area contributed by atoms with Crippen LogP contribution in [0.5, 0.6) is 0 Å². The van der Waals surface area contributed by atoms with Gasteiger partial charge in [0.1, 0.15) is 0 Å². The molecule has 0 radical (unpaired) electrons. The Kier molecular flexibility index (Phi) is 33.4. The van der Waals surface area contributed by atoms with E-state index in [1.54, 1.807) is 0 Å². The van der Waals surface area contributed by atoms with Gasteiger partial charge in [-0.1, -0.05) is 96.8 Å². The van der Waals surface area contributed by atoms with Crippen LogP contribution in [-0.4, -0.2) is 43.2 Å². The maximum atomic E-state index is 10.3. The van der Waals surface area contributed by atoms with Crippen LogP contribution in [0.3, 0.4) is 0 Å². The van der Waals surface area contributed by atoms with E-state index in [0.29, 0.717) is 6.42 Å². The van der Waals surface area contributed by atoms with Gasteiger partial charge in [0.05, 0.1) is 0 Å². The monoisotopic (exact) mass is 422 g/mol. The van der Waals surface area contributed by atoms with Crippen LogP contribution in [0.15, 0.2) is 0 Å². The zero-order valence-corrected chi connectivity index (χ0v) is 20.0. The van der Waals surface area contributed by atoms with Crippen LogP contribution in [0.25, 0.3) is 0 Å². The molecule has 0 unspecified atom stereocenters. The summed E-state index contributed by atoms with van der Waals surface area (Å²) >= 11 is 0. The van der Waals surface area contributed by atoms with Gasteiger partial charge in [0.15, 0.2) is 0 Å². The van der Waals surface area contributed by atoms with Crippen LogP contribution < -0.4 is 5.73 Å². The van der Waals surface area contributed by atoms with Gasteiger partial charge in [-0.15, -0.1) is 12.4 Å². The molecule has 5 heteroatoms. The summed E-state index contributed by atoms with van der Waals surface area (Å²) in [5, 5.41) is 8.52. The lowest BCUT2D eigenvalue weighted by molar-refractivity contribution is -0.137. The number of carboxylic acids is 1. The third-order valence-corrected chi connectivity index (χ3v) is 4.80. The van der Waals surface area contributed by atoms with Crippen LogP contribution >= 0.6 is 12.4 Å². The zero-order valence-electron chi connectivity index (χ0n) is 19.2. The van der Waals surface area contributed by atoms with E-state index in [-0.39, 0.29) is 12.4 Å². The lowest BCUT2D eigenvalue weighted by Gasteiger charge is -2.05. The summed E-state index contributed by atoms with van der Waals surface area (Å²) in [5.74, 6) is -0.653. The lowest BCUT2D eigenvalue weighted by Crippen LogP contribution is -2.16. The number of nitrogens with two attached hydrogens (primary N) is 1. The Morgan fingerprint density at radius 2 is 1.07 bits per heavy atom. The highest BCUT2D eigenvalue weighted by molar-refractivity contribution is 5.85. The number of rotatable bonds is 19. The highest BCUT2D eigenvalue weighted by Crippen LogP contribution is 2.13. The molecule has 0 bridgehead atoms. The smallest absolute Gasteiger partial charge is 0.303 e. The molecule has 0 aromatic heterocycles. The summed E-state index contributed by atoms with van der Waals surface area (Å²) in [6.45, 7) is 4.18. The van der Waals surface area contributed by atoms with E-state index in [0.717, 1.165) is 32.4 Å². The third kappa shape index (κ3) is 36.6. The van der Waals surface area contributed by atoms with Gasteiger partial charge in [0.25, 0.3) is 0 Å². The first kappa shape index (κ1) is 32.3. The van der Waals surface area contributed by atoms with E-state index in [2.05, 4.69) is 25.9 Å². The molecule has 0 atom stereocenters. The van der Waals surface area contributed by atoms with Gasteiger partial charge in [0.2, 0.25) is 0 Å². The second-order valence-corrected chi connectivity index (χ2v) is 8.04. The van der Waals surface area contributed by atoms with E-state index in [9.17, 15) is 4.79 Å². The molecule has 0 spiro atoms. The molecule has 0 fully saturated rings. The molecule has 0 aromatic carbocycles. The second kappa shape index (κ2) is 28.9. The number of aliphatic carboxylic acids is 1. The molecule has 0 heterocycles. The van der Waals surface area contributed by atoms with Gasteiger partial charge in [-0.25, -0.2) is 0 Å². The number of hydrogen-bond acceptors (Lipinski definition) is 3. The van der Waals surface area contributed by atoms with Crippen molar-refractivity contribution in [2.75, 3.05) is 27.2 Å².